The molecule has 24 heavy (non-hydrogen) atoms. The molecule has 126 valence electrons. The zero-order valence-electron chi connectivity index (χ0n) is 13.3. The van der Waals surface area contributed by atoms with Gasteiger partial charge in [0.2, 0.25) is 6.10 Å². The highest BCUT2D eigenvalue weighted by molar-refractivity contribution is 6.01. The smallest absolute Gasteiger partial charge is 0.343 e. The number of esters is 1. The van der Waals surface area contributed by atoms with Crippen molar-refractivity contribution in [2.75, 3.05) is 18.5 Å². The van der Waals surface area contributed by atoms with E-state index < -0.39 is 18.0 Å². The zero-order valence-corrected chi connectivity index (χ0v) is 13.3. The van der Waals surface area contributed by atoms with Crippen molar-refractivity contribution in [3.63, 3.8) is 0 Å². The van der Waals surface area contributed by atoms with Crippen LogP contribution in [-0.2, 0) is 16.6 Å². The number of nitrogens with zero attached hydrogens (tertiary/aromatic N) is 2. The number of carbonyl (C=O) groups is 2. The van der Waals surface area contributed by atoms with Crippen LogP contribution in [0, 0.1) is 0 Å². The molecule has 2 aromatic rings. The maximum absolute atomic E-state index is 12.5. The van der Waals surface area contributed by atoms with E-state index in [2.05, 4.69) is 10.4 Å². The number of ether oxygens (including phenoxy) is 3. The molecule has 1 aliphatic rings. The van der Waals surface area contributed by atoms with Crippen molar-refractivity contribution in [3.8, 4) is 11.5 Å². The summed E-state index contributed by atoms with van der Waals surface area (Å²) >= 11 is 0. The maximum atomic E-state index is 12.5. The Labute approximate surface area is 138 Å². The van der Waals surface area contributed by atoms with E-state index in [4.69, 9.17) is 14.2 Å². The molecule has 0 aliphatic carbocycles. The van der Waals surface area contributed by atoms with Gasteiger partial charge in [0.25, 0.3) is 5.91 Å². The Bertz CT molecular complexity index is 771. The average molecular weight is 331 g/mol. The maximum Gasteiger partial charge on any atom is 0.343 e. The molecule has 1 aromatic carbocycles. The fraction of sp³-hybridized carbons (Fsp3) is 0.312. The van der Waals surface area contributed by atoms with Crippen LogP contribution >= 0.6 is 0 Å². The van der Waals surface area contributed by atoms with Crippen molar-refractivity contribution in [2.24, 2.45) is 7.05 Å². The minimum absolute atomic E-state index is 0.0788. The summed E-state index contributed by atoms with van der Waals surface area (Å²) in [5.41, 5.74) is 0.185. The number of hydrogen-bond acceptors (Lipinski definition) is 6. The lowest BCUT2D eigenvalue weighted by molar-refractivity contribution is -0.125. The second-order valence-corrected chi connectivity index (χ2v) is 5.10. The lowest BCUT2D eigenvalue weighted by Gasteiger charge is -2.25. The van der Waals surface area contributed by atoms with Crippen molar-refractivity contribution in [2.45, 2.75) is 13.0 Å². The monoisotopic (exact) mass is 331 g/mol. The number of aryl methyl sites for hydroxylation is 1. The Kier molecular flexibility index (Phi) is 4.37. The summed E-state index contributed by atoms with van der Waals surface area (Å²) in [6.07, 6.45) is 0.520. The molecule has 0 fully saturated rings. The normalized spacial score (nSPS) is 15.7. The highest BCUT2D eigenvalue weighted by Gasteiger charge is 2.29. The minimum atomic E-state index is -0.829. The van der Waals surface area contributed by atoms with Gasteiger partial charge >= 0.3 is 5.97 Å². The van der Waals surface area contributed by atoms with Crippen molar-refractivity contribution >= 4 is 17.7 Å². The predicted octanol–water partition coefficient (Wildman–Crippen LogP) is 1.38. The quantitative estimate of drug-likeness (QED) is 0.851. The van der Waals surface area contributed by atoms with Crippen molar-refractivity contribution in [1.82, 2.24) is 9.78 Å². The molecule has 0 spiro atoms. The van der Waals surface area contributed by atoms with Crippen LogP contribution in [-0.4, -0.2) is 41.0 Å². The Hall–Kier alpha value is -3.03. The van der Waals surface area contributed by atoms with E-state index >= 15 is 0 Å². The van der Waals surface area contributed by atoms with Gasteiger partial charge in [0, 0.05) is 7.05 Å². The number of amides is 1. The molecule has 3 rings (SSSR count). The first-order valence-electron chi connectivity index (χ1n) is 7.48. The van der Waals surface area contributed by atoms with Crippen LogP contribution in [0.1, 0.15) is 17.3 Å². The van der Waals surface area contributed by atoms with Gasteiger partial charge in [0.1, 0.15) is 18.0 Å². The molecule has 8 heteroatoms. The Balaban J connectivity index is 1.74. The van der Waals surface area contributed by atoms with E-state index in [1.54, 1.807) is 32.2 Å². The third-order valence-corrected chi connectivity index (χ3v) is 3.48. The average Bonchev–Trinajstić information content (AvgIpc) is 2.95. The molecule has 1 aliphatic heterocycles. The topological polar surface area (TPSA) is 91.7 Å². The standard InChI is InChI=1S/C16H17N3O5/c1-3-22-16(21)10-8-17-19(2)14(10)18-15(20)13-9-23-11-6-4-5-7-12(11)24-13/h4-8,13H,3,9H2,1-2H3,(H,18,20). The fourth-order valence-corrected chi connectivity index (χ4v) is 2.29. The van der Waals surface area contributed by atoms with Gasteiger partial charge in [-0.15, -0.1) is 0 Å². The highest BCUT2D eigenvalue weighted by atomic mass is 16.6. The van der Waals surface area contributed by atoms with Gasteiger partial charge in [-0.1, -0.05) is 12.1 Å². The van der Waals surface area contributed by atoms with Crippen LogP contribution in [0.25, 0.3) is 0 Å². The van der Waals surface area contributed by atoms with Gasteiger partial charge in [0.15, 0.2) is 11.5 Å². The molecule has 1 amide bonds. The first-order valence-corrected chi connectivity index (χ1v) is 7.48. The summed E-state index contributed by atoms with van der Waals surface area (Å²) in [5.74, 6) is 0.362. The van der Waals surface area contributed by atoms with E-state index in [1.165, 1.54) is 10.9 Å². The number of nitrogens with one attached hydrogen (secondary N) is 1. The molecule has 0 saturated carbocycles. The second-order valence-electron chi connectivity index (χ2n) is 5.10. The number of rotatable bonds is 4. The number of carbonyl (C=O) groups excluding carboxylic acids is 2. The molecular weight excluding hydrogens is 314 g/mol. The first-order chi connectivity index (χ1) is 11.6. The molecular formula is C16H17N3O5. The van der Waals surface area contributed by atoms with Crippen LogP contribution in [0.3, 0.4) is 0 Å². The van der Waals surface area contributed by atoms with Gasteiger partial charge in [0.05, 0.1) is 12.8 Å². The Morgan fingerprint density at radius 3 is 2.88 bits per heavy atom. The van der Waals surface area contributed by atoms with Crippen LogP contribution in [0.15, 0.2) is 30.5 Å². The number of hydrogen-bond donors (Lipinski definition) is 1. The molecule has 0 saturated heterocycles. The van der Waals surface area contributed by atoms with Crippen molar-refractivity contribution < 1.29 is 23.8 Å². The highest BCUT2D eigenvalue weighted by Crippen LogP contribution is 2.31. The van der Waals surface area contributed by atoms with Gasteiger partial charge < -0.3 is 19.5 Å². The molecule has 1 atom stereocenters. The fourth-order valence-electron chi connectivity index (χ4n) is 2.29. The third-order valence-electron chi connectivity index (χ3n) is 3.48. The Morgan fingerprint density at radius 1 is 1.38 bits per heavy atom. The molecule has 1 aromatic heterocycles. The summed E-state index contributed by atoms with van der Waals surface area (Å²) in [4.78, 5) is 24.4. The summed E-state index contributed by atoms with van der Waals surface area (Å²) in [6, 6.07) is 7.11. The molecule has 2 heterocycles. The van der Waals surface area contributed by atoms with Crippen LogP contribution < -0.4 is 14.8 Å². The largest absolute Gasteiger partial charge is 0.485 e. The van der Waals surface area contributed by atoms with Crippen LogP contribution in [0.2, 0.25) is 0 Å². The summed E-state index contributed by atoms with van der Waals surface area (Å²) in [6.45, 7) is 2.02. The first kappa shape index (κ1) is 15.9. The second kappa shape index (κ2) is 6.61. The van der Waals surface area contributed by atoms with Crippen LogP contribution in [0.5, 0.6) is 11.5 Å². The number of benzene rings is 1. The van der Waals surface area contributed by atoms with E-state index in [1.807, 2.05) is 6.07 Å². The summed E-state index contributed by atoms with van der Waals surface area (Å²) < 4.78 is 17.5. The number of fused-ring (bicyclic) bond motifs is 1. The lowest BCUT2D eigenvalue weighted by atomic mass is 10.2. The van der Waals surface area contributed by atoms with E-state index in [0.29, 0.717) is 11.5 Å². The Morgan fingerprint density at radius 2 is 2.12 bits per heavy atom. The van der Waals surface area contributed by atoms with Crippen molar-refractivity contribution in [3.05, 3.63) is 36.0 Å². The number of aromatic nitrogens is 2. The van der Waals surface area contributed by atoms with Crippen LogP contribution in [0.4, 0.5) is 5.82 Å². The van der Waals surface area contributed by atoms with E-state index in [0.717, 1.165) is 0 Å². The zero-order chi connectivity index (χ0) is 17.1. The predicted molar refractivity (Wildman–Crippen MR) is 84.1 cm³/mol. The summed E-state index contributed by atoms with van der Waals surface area (Å²) in [7, 11) is 1.62. The van der Waals surface area contributed by atoms with Gasteiger partial charge in [-0.25, -0.2) is 4.79 Å². The third kappa shape index (κ3) is 3.03. The van der Waals surface area contributed by atoms with E-state index in [-0.39, 0.29) is 24.6 Å². The molecule has 0 bridgehead atoms. The number of para-hydroxylation sites is 2. The van der Waals surface area contributed by atoms with E-state index in [9.17, 15) is 9.59 Å². The van der Waals surface area contributed by atoms with Gasteiger partial charge in [-0.2, -0.15) is 5.10 Å². The molecule has 0 radical (unpaired) electrons. The molecule has 1 unspecified atom stereocenters. The molecule has 1 N–H and O–H groups in total. The molecule has 8 nitrogen and oxygen atoms in total. The van der Waals surface area contributed by atoms with Gasteiger partial charge in [-0.05, 0) is 19.1 Å². The SMILES string of the molecule is CCOC(=O)c1cnn(C)c1NC(=O)C1COc2ccccc2O1. The number of anilines is 1. The minimum Gasteiger partial charge on any atom is -0.485 e. The van der Waals surface area contributed by atoms with Crippen molar-refractivity contribution in [1.29, 1.82) is 0 Å². The summed E-state index contributed by atoms with van der Waals surface area (Å²) in [5, 5.41) is 6.64. The van der Waals surface area contributed by atoms with Gasteiger partial charge in [-0.3, -0.25) is 9.48 Å². The lowest BCUT2D eigenvalue weighted by Crippen LogP contribution is -2.40.